The zero-order valence-corrected chi connectivity index (χ0v) is 11.7. The maximum atomic E-state index is 13.6. The molecule has 0 aliphatic carbocycles. The van der Waals surface area contributed by atoms with Gasteiger partial charge in [-0.15, -0.1) is 6.42 Å². The van der Waals surface area contributed by atoms with Crippen LogP contribution in [0.3, 0.4) is 0 Å². The lowest BCUT2D eigenvalue weighted by atomic mass is 10.2. The van der Waals surface area contributed by atoms with Crippen molar-refractivity contribution in [1.82, 2.24) is 9.69 Å². The fourth-order valence-corrected chi connectivity index (χ4v) is 2.23. The Morgan fingerprint density at radius 3 is 2.86 bits per heavy atom. The number of nitrogens with one attached hydrogen (secondary N) is 4. The molecule has 6 nitrogen and oxygen atoms in total. The van der Waals surface area contributed by atoms with Crippen molar-refractivity contribution in [3.05, 3.63) is 39.9 Å². The second-order valence-electron chi connectivity index (χ2n) is 3.91. The topological polar surface area (TPSA) is 86.0 Å². The van der Waals surface area contributed by atoms with Crippen molar-refractivity contribution in [2.45, 2.75) is 0 Å². The van der Waals surface area contributed by atoms with Crippen molar-refractivity contribution in [3.8, 4) is 12.3 Å². The molecule has 2 aromatic rings. The summed E-state index contributed by atoms with van der Waals surface area (Å²) in [6.45, 7) is 0. The third kappa shape index (κ3) is 3.21. The molecule has 1 aromatic heterocycles. The summed E-state index contributed by atoms with van der Waals surface area (Å²) in [4.78, 5) is 22.9. The first-order chi connectivity index (χ1) is 10.0. The number of urea groups is 1. The number of carbonyl (C=O) groups excluding carboxylic acids is 1. The molecule has 1 aromatic carbocycles. The molecule has 0 saturated carbocycles. The van der Waals surface area contributed by atoms with Crippen LogP contribution in [0.1, 0.15) is 5.56 Å². The molecule has 21 heavy (non-hydrogen) atoms. The molecule has 0 atom stereocenters. The Morgan fingerprint density at radius 2 is 2.24 bits per heavy atom. The minimum absolute atomic E-state index is 0.0563. The lowest BCUT2D eigenvalue weighted by Gasteiger charge is -2.07. The van der Waals surface area contributed by atoms with E-state index in [1.807, 2.05) is 0 Å². The molecule has 2 rings (SSSR count). The molecular weight excluding hydrogens is 295 g/mol. The van der Waals surface area contributed by atoms with Crippen LogP contribution in [-0.4, -0.2) is 17.5 Å². The average Bonchev–Trinajstić information content (AvgIpc) is 2.80. The second kappa shape index (κ2) is 6.11. The second-order valence-corrected chi connectivity index (χ2v) is 4.72. The molecule has 0 radical (unpaired) electrons. The minimum atomic E-state index is -0.550. The fraction of sp³-hybridized carbons (Fsp3) is 0.0769. The van der Waals surface area contributed by atoms with E-state index in [1.54, 1.807) is 6.07 Å². The number of rotatable bonds is 3. The van der Waals surface area contributed by atoms with Crippen LogP contribution in [0.2, 0.25) is 0 Å². The lowest BCUT2D eigenvalue weighted by molar-refractivity contribution is 0.254. The first-order valence-electron chi connectivity index (χ1n) is 5.78. The summed E-state index contributed by atoms with van der Waals surface area (Å²) in [7, 11) is 1.43. The Labute approximate surface area is 123 Å². The standard InChI is InChI=1S/C13H11FN4O2S/c1-3-7-4-5-8(6-9(7)14)16-12-10(11(19)18-21-12)17-13(20)15-2/h1,4-6,16H,2H3,(H,18,19)(H2,15,17,20). The summed E-state index contributed by atoms with van der Waals surface area (Å²) in [5.74, 6) is 1.66. The smallest absolute Gasteiger partial charge is 0.319 e. The molecule has 8 heteroatoms. The highest BCUT2D eigenvalue weighted by Crippen LogP contribution is 2.27. The predicted octanol–water partition coefficient (Wildman–Crippen LogP) is 2.05. The van der Waals surface area contributed by atoms with Crippen LogP contribution in [0.4, 0.5) is 25.6 Å². The van der Waals surface area contributed by atoms with Gasteiger partial charge in [-0.2, -0.15) is 0 Å². The van der Waals surface area contributed by atoms with Crippen molar-refractivity contribution in [2.75, 3.05) is 17.7 Å². The van der Waals surface area contributed by atoms with Gasteiger partial charge in [0.25, 0.3) is 5.56 Å². The Bertz CT molecular complexity index is 775. The number of carbonyl (C=O) groups is 1. The molecule has 0 spiro atoms. The quantitative estimate of drug-likeness (QED) is 0.655. The van der Waals surface area contributed by atoms with Gasteiger partial charge in [-0.05, 0) is 29.7 Å². The monoisotopic (exact) mass is 306 g/mol. The Balaban J connectivity index is 2.28. The van der Waals surface area contributed by atoms with Gasteiger partial charge in [0.2, 0.25) is 0 Å². The number of aromatic amines is 1. The molecule has 0 saturated heterocycles. The number of H-pyrrole nitrogens is 1. The van der Waals surface area contributed by atoms with Gasteiger partial charge in [0.05, 0.1) is 5.56 Å². The molecule has 0 unspecified atom stereocenters. The number of terminal acetylenes is 1. The molecular formula is C13H11FN4O2S. The SMILES string of the molecule is C#Cc1ccc(Nc2s[nH]c(=O)c2NC(=O)NC)cc1F. The maximum absolute atomic E-state index is 13.6. The van der Waals surface area contributed by atoms with Crippen molar-refractivity contribution >= 4 is 33.9 Å². The third-order valence-electron chi connectivity index (χ3n) is 2.55. The summed E-state index contributed by atoms with van der Waals surface area (Å²) in [6.07, 6.45) is 5.14. The molecule has 2 amide bonds. The Morgan fingerprint density at radius 1 is 1.48 bits per heavy atom. The highest BCUT2D eigenvalue weighted by molar-refractivity contribution is 7.11. The number of aromatic nitrogens is 1. The number of benzene rings is 1. The maximum Gasteiger partial charge on any atom is 0.319 e. The van der Waals surface area contributed by atoms with Gasteiger partial charge in [-0.1, -0.05) is 5.92 Å². The number of amides is 2. The highest BCUT2D eigenvalue weighted by atomic mass is 32.1. The van der Waals surface area contributed by atoms with E-state index >= 15 is 0 Å². The third-order valence-corrected chi connectivity index (χ3v) is 3.35. The van der Waals surface area contributed by atoms with Crippen LogP contribution in [0, 0.1) is 18.2 Å². The van der Waals surface area contributed by atoms with Crippen molar-refractivity contribution in [3.63, 3.8) is 0 Å². The number of hydrogen-bond acceptors (Lipinski definition) is 4. The average molecular weight is 306 g/mol. The van der Waals surface area contributed by atoms with E-state index in [4.69, 9.17) is 6.42 Å². The predicted molar refractivity (Wildman–Crippen MR) is 80.6 cm³/mol. The van der Waals surface area contributed by atoms with Crippen LogP contribution in [-0.2, 0) is 0 Å². The molecule has 108 valence electrons. The molecule has 1 heterocycles. The van der Waals surface area contributed by atoms with E-state index in [0.717, 1.165) is 11.5 Å². The van der Waals surface area contributed by atoms with E-state index in [-0.39, 0.29) is 11.3 Å². The van der Waals surface area contributed by atoms with Gasteiger partial charge in [0, 0.05) is 12.7 Å². The molecule has 0 aliphatic rings. The minimum Gasteiger partial charge on any atom is -0.344 e. The lowest BCUT2D eigenvalue weighted by Crippen LogP contribution is -2.27. The first kappa shape index (κ1) is 14.6. The number of hydrogen-bond donors (Lipinski definition) is 4. The van der Waals surface area contributed by atoms with Crippen molar-refractivity contribution in [2.24, 2.45) is 0 Å². The van der Waals surface area contributed by atoms with Crippen LogP contribution in [0.25, 0.3) is 0 Å². The van der Waals surface area contributed by atoms with E-state index in [0.29, 0.717) is 10.7 Å². The molecule has 4 N–H and O–H groups in total. The van der Waals surface area contributed by atoms with Crippen molar-refractivity contribution < 1.29 is 9.18 Å². The molecule has 0 fully saturated rings. The zero-order valence-electron chi connectivity index (χ0n) is 10.9. The van der Waals surface area contributed by atoms with Crippen LogP contribution >= 0.6 is 11.5 Å². The highest BCUT2D eigenvalue weighted by Gasteiger charge is 2.13. The summed E-state index contributed by atoms with van der Waals surface area (Å²) < 4.78 is 16.1. The molecule has 0 bridgehead atoms. The first-order valence-corrected chi connectivity index (χ1v) is 6.60. The van der Waals surface area contributed by atoms with E-state index in [1.165, 1.54) is 19.2 Å². The van der Waals surface area contributed by atoms with Gasteiger partial charge in [0.15, 0.2) is 0 Å². The van der Waals surface area contributed by atoms with Crippen LogP contribution < -0.4 is 21.5 Å². The largest absolute Gasteiger partial charge is 0.344 e. The summed E-state index contributed by atoms with van der Waals surface area (Å²) in [5, 5.41) is 7.94. The summed E-state index contributed by atoms with van der Waals surface area (Å²) in [5.41, 5.74) is 0.154. The molecule has 0 aliphatic heterocycles. The van der Waals surface area contributed by atoms with Gasteiger partial charge >= 0.3 is 6.03 Å². The van der Waals surface area contributed by atoms with E-state index in [9.17, 15) is 14.0 Å². The van der Waals surface area contributed by atoms with Gasteiger partial charge in [-0.25, -0.2) is 9.18 Å². The van der Waals surface area contributed by atoms with E-state index < -0.39 is 17.4 Å². The van der Waals surface area contributed by atoms with Gasteiger partial charge in [0.1, 0.15) is 16.5 Å². The fourth-order valence-electron chi connectivity index (χ4n) is 1.52. The van der Waals surface area contributed by atoms with Gasteiger partial charge < -0.3 is 16.0 Å². The van der Waals surface area contributed by atoms with Crippen LogP contribution in [0.15, 0.2) is 23.0 Å². The normalized spacial score (nSPS) is 9.76. The van der Waals surface area contributed by atoms with Crippen LogP contribution in [0.5, 0.6) is 0 Å². The van der Waals surface area contributed by atoms with Crippen molar-refractivity contribution in [1.29, 1.82) is 0 Å². The van der Waals surface area contributed by atoms with E-state index in [2.05, 4.69) is 26.2 Å². The summed E-state index contributed by atoms with van der Waals surface area (Å²) >= 11 is 0.985. The Kier molecular flexibility index (Phi) is 4.25. The Hall–Kier alpha value is -2.79. The number of halogens is 1. The van der Waals surface area contributed by atoms with Gasteiger partial charge in [-0.3, -0.25) is 9.17 Å². The zero-order chi connectivity index (χ0) is 15.4. The summed E-state index contributed by atoms with van der Waals surface area (Å²) in [6, 6.07) is 3.70. The number of anilines is 3.